The van der Waals surface area contributed by atoms with Crippen molar-refractivity contribution < 1.29 is 14.3 Å². The molecule has 6 nitrogen and oxygen atoms in total. The largest absolute Gasteiger partial charge is 0.479 e. The van der Waals surface area contributed by atoms with Crippen molar-refractivity contribution in [3.05, 3.63) is 52.5 Å². The van der Waals surface area contributed by atoms with Gasteiger partial charge in [-0.05, 0) is 43.3 Å². The van der Waals surface area contributed by atoms with Crippen LogP contribution >= 0.6 is 23.2 Å². The van der Waals surface area contributed by atoms with Gasteiger partial charge in [-0.3, -0.25) is 4.79 Å². The monoisotopic (exact) mass is 367 g/mol. The molecule has 0 heterocycles. The number of amides is 3. The van der Waals surface area contributed by atoms with Crippen molar-refractivity contribution >= 4 is 46.5 Å². The first kappa shape index (κ1) is 17.9. The Hall–Kier alpha value is -2.44. The summed E-state index contributed by atoms with van der Waals surface area (Å²) in [7, 11) is 0. The molecule has 0 radical (unpaired) electrons. The summed E-state index contributed by atoms with van der Waals surface area (Å²) in [5, 5.41) is 5.72. The summed E-state index contributed by atoms with van der Waals surface area (Å²) in [6.07, 6.45) is -0.788. The van der Waals surface area contributed by atoms with Gasteiger partial charge in [-0.1, -0.05) is 29.3 Å². The average molecular weight is 368 g/mol. The maximum Gasteiger partial charge on any atom is 0.316 e. The van der Waals surface area contributed by atoms with Crippen LogP contribution in [0.5, 0.6) is 5.75 Å². The summed E-state index contributed by atoms with van der Waals surface area (Å²) in [5.74, 6) is -0.0329. The van der Waals surface area contributed by atoms with Gasteiger partial charge in [0.05, 0.1) is 5.02 Å². The number of benzene rings is 2. The second-order valence-corrected chi connectivity index (χ2v) is 5.65. The highest BCUT2D eigenvalue weighted by Gasteiger charge is 2.17. The lowest BCUT2D eigenvalue weighted by Crippen LogP contribution is -2.30. The third-order valence-electron chi connectivity index (χ3n) is 3.01. The third kappa shape index (κ3) is 4.78. The first-order valence-corrected chi connectivity index (χ1v) is 7.70. The van der Waals surface area contributed by atoms with Gasteiger partial charge in [0, 0.05) is 11.4 Å². The van der Waals surface area contributed by atoms with Crippen molar-refractivity contribution in [3.63, 3.8) is 0 Å². The number of nitrogens with two attached hydrogens (primary N) is 1. The van der Waals surface area contributed by atoms with Gasteiger partial charge >= 0.3 is 6.03 Å². The fourth-order valence-corrected chi connectivity index (χ4v) is 2.18. The average Bonchev–Trinajstić information content (AvgIpc) is 2.53. The number of ether oxygens (including phenoxy) is 1. The van der Waals surface area contributed by atoms with Crippen LogP contribution < -0.4 is 21.1 Å². The smallest absolute Gasteiger partial charge is 0.316 e. The summed E-state index contributed by atoms with van der Waals surface area (Å²) in [6.45, 7) is 1.59. The molecular formula is C16H15Cl2N3O3. The van der Waals surface area contributed by atoms with Gasteiger partial charge in [0.15, 0.2) is 6.10 Å². The second kappa shape index (κ2) is 7.90. The molecular weight excluding hydrogens is 353 g/mol. The van der Waals surface area contributed by atoms with Crippen LogP contribution in [-0.2, 0) is 4.79 Å². The summed E-state index contributed by atoms with van der Waals surface area (Å²) in [6, 6.07) is 10.8. The SMILES string of the molecule is CC(Oc1cccc(Cl)c1Cl)C(=O)Nc1ccc(NC(N)=O)cc1. The van der Waals surface area contributed by atoms with Gasteiger partial charge < -0.3 is 21.1 Å². The number of nitrogens with one attached hydrogen (secondary N) is 2. The predicted octanol–water partition coefficient (Wildman–Crippen LogP) is 3.89. The van der Waals surface area contributed by atoms with Crippen LogP contribution in [0, 0.1) is 0 Å². The number of primary amides is 1. The van der Waals surface area contributed by atoms with E-state index in [-0.39, 0.29) is 10.9 Å². The zero-order chi connectivity index (χ0) is 17.7. The minimum Gasteiger partial charge on any atom is -0.479 e. The third-order valence-corrected chi connectivity index (χ3v) is 3.81. The summed E-state index contributed by atoms with van der Waals surface area (Å²) in [5.41, 5.74) is 6.09. The van der Waals surface area contributed by atoms with Crippen molar-refractivity contribution in [2.24, 2.45) is 5.73 Å². The first-order valence-electron chi connectivity index (χ1n) is 6.95. The number of halogens is 2. The fraction of sp³-hybridized carbons (Fsp3) is 0.125. The van der Waals surface area contributed by atoms with E-state index in [1.165, 1.54) is 0 Å². The van der Waals surface area contributed by atoms with Crippen molar-refractivity contribution in [2.45, 2.75) is 13.0 Å². The standard InChI is InChI=1S/C16H15Cl2N3O3/c1-9(24-13-4-2-3-12(17)14(13)18)15(22)20-10-5-7-11(8-6-10)21-16(19)23/h2-9H,1H3,(H,20,22)(H3,19,21,23). The van der Waals surface area contributed by atoms with E-state index in [4.69, 9.17) is 33.7 Å². The maximum absolute atomic E-state index is 12.2. The van der Waals surface area contributed by atoms with Gasteiger partial charge in [0.1, 0.15) is 10.8 Å². The Labute approximate surface area is 148 Å². The van der Waals surface area contributed by atoms with Gasteiger partial charge in [-0.2, -0.15) is 0 Å². The number of hydrogen-bond acceptors (Lipinski definition) is 3. The van der Waals surface area contributed by atoms with E-state index in [1.54, 1.807) is 49.4 Å². The van der Waals surface area contributed by atoms with Crippen LogP contribution in [0.15, 0.2) is 42.5 Å². The highest BCUT2D eigenvalue weighted by molar-refractivity contribution is 6.42. The predicted molar refractivity (Wildman–Crippen MR) is 94.8 cm³/mol. The molecule has 0 saturated carbocycles. The minimum absolute atomic E-state index is 0.251. The van der Waals surface area contributed by atoms with Gasteiger partial charge in [-0.25, -0.2) is 4.79 Å². The van der Waals surface area contributed by atoms with E-state index in [0.29, 0.717) is 22.1 Å². The van der Waals surface area contributed by atoms with Gasteiger partial charge in [-0.15, -0.1) is 0 Å². The van der Waals surface area contributed by atoms with Crippen molar-refractivity contribution in [1.82, 2.24) is 0 Å². The molecule has 8 heteroatoms. The van der Waals surface area contributed by atoms with E-state index in [9.17, 15) is 9.59 Å². The highest BCUT2D eigenvalue weighted by Crippen LogP contribution is 2.32. The van der Waals surface area contributed by atoms with Crippen LogP contribution in [-0.4, -0.2) is 18.0 Å². The number of carbonyl (C=O) groups is 2. The topological polar surface area (TPSA) is 93.4 Å². The van der Waals surface area contributed by atoms with Crippen LogP contribution in [0.3, 0.4) is 0 Å². The maximum atomic E-state index is 12.2. The Kier molecular flexibility index (Phi) is 5.89. The van der Waals surface area contributed by atoms with Gasteiger partial charge in [0.25, 0.3) is 5.91 Å². The van der Waals surface area contributed by atoms with E-state index in [0.717, 1.165) is 0 Å². The molecule has 3 amide bonds. The molecule has 0 aliphatic heterocycles. The van der Waals surface area contributed by atoms with Gasteiger partial charge in [0.2, 0.25) is 0 Å². The van der Waals surface area contributed by atoms with Crippen LogP contribution in [0.4, 0.5) is 16.2 Å². The fourth-order valence-electron chi connectivity index (χ4n) is 1.84. The Bertz CT molecular complexity index is 751. The number of urea groups is 1. The second-order valence-electron chi connectivity index (χ2n) is 4.87. The molecule has 2 aromatic rings. The molecule has 0 saturated heterocycles. The van der Waals surface area contributed by atoms with E-state index >= 15 is 0 Å². The van der Waals surface area contributed by atoms with E-state index < -0.39 is 12.1 Å². The van der Waals surface area contributed by atoms with E-state index in [2.05, 4.69) is 10.6 Å². The highest BCUT2D eigenvalue weighted by atomic mass is 35.5. The Morgan fingerprint density at radius 3 is 2.21 bits per heavy atom. The molecule has 2 rings (SSSR count). The first-order chi connectivity index (χ1) is 11.4. The molecule has 2 aromatic carbocycles. The normalized spacial score (nSPS) is 11.5. The zero-order valence-electron chi connectivity index (χ0n) is 12.7. The summed E-state index contributed by atoms with van der Waals surface area (Å²) >= 11 is 11.9. The molecule has 1 atom stereocenters. The lowest BCUT2D eigenvalue weighted by atomic mass is 10.2. The molecule has 0 aliphatic rings. The Balaban J connectivity index is 1.98. The van der Waals surface area contributed by atoms with E-state index in [1.807, 2.05) is 0 Å². The number of hydrogen-bond donors (Lipinski definition) is 3. The molecule has 1 unspecified atom stereocenters. The zero-order valence-corrected chi connectivity index (χ0v) is 14.2. The molecule has 0 aliphatic carbocycles. The Morgan fingerprint density at radius 2 is 1.62 bits per heavy atom. The van der Waals surface area contributed by atoms with Crippen molar-refractivity contribution in [3.8, 4) is 5.75 Å². The summed E-state index contributed by atoms with van der Waals surface area (Å²) in [4.78, 5) is 22.9. The molecule has 0 spiro atoms. The number of carbonyl (C=O) groups excluding carboxylic acids is 2. The minimum atomic E-state index is -0.788. The molecule has 0 aromatic heterocycles. The van der Waals surface area contributed by atoms with Crippen molar-refractivity contribution in [1.29, 1.82) is 0 Å². The Morgan fingerprint density at radius 1 is 1.04 bits per heavy atom. The molecule has 0 bridgehead atoms. The quantitative estimate of drug-likeness (QED) is 0.747. The molecule has 4 N–H and O–H groups in total. The van der Waals surface area contributed by atoms with Crippen LogP contribution in [0.2, 0.25) is 10.0 Å². The summed E-state index contributed by atoms with van der Waals surface area (Å²) < 4.78 is 5.53. The molecule has 24 heavy (non-hydrogen) atoms. The van der Waals surface area contributed by atoms with Crippen LogP contribution in [0.25, 0.3) is 0 Å². The number of anilines is 2. The lowest BCUT2D eigenvalue weighted by Gasteiger charge is -2.16. The lowest BCUT2D eigenvalue weighted by molar-refractivity contribution is -0.122. The van der Waals surface area contributed by atoms with Crippen LogP contribution in [0.1, 0.15) is 6.92 Å². The van der Waals surface area contributed by atoms with Crippen molar-refractivity contribution in [2.75, 3.05) is 10.6 Å². The molecule has 126 valence electrons. The number of rotatable bonds is 5. The molecule has 0 fully saturated rings.